The van der Waals surface area contributed by atoms with Crippen LogP contribution in [0.5, 0.6) is 0 Å². The van der Waals surface area contributed by atoms with Gasteiger partial charge in [0, 0.05) is 32.1 Å². The van der Waals surface area contributed by atoms with Gasteiger partial charge in [-0.25, -0.2) is 0 Å². The fourth-order valence-electron chi connectivity index (χ4n) is 3.38. The molecule has 3 N–H and O–H groups in total. The van der Waals surface area contributed by atoms with Gasteiger partial charge < -0.3 is 15.8 Å². The first-order valence-corrected chi connectivity index (χ1v) is 8.13. The second kappa shape index (κ2) is 7.64. The predicted octanol–water partition coefficient (Wildman–Crippen LogP) is 1.24. The standard InChI is InChI=1S/C15H28N4O2/c1-12(14(16)17-21)18-8-10-19(11-9-18)15(20)13-6-4-2-3-5-7-13/h12-13,21H,2-11H2,1H3,(H2,16,17). The molecule has 0 aromatic carbocycles. The van der Waals surface area contributed by atoms with Gasteiger partial charge in [-0.1, -0.05) is 30.8 Å². The second-order valence-corrected chi connectivity index (χ2v) is 6.25. The number of amides is 1. The third-order valence-electron chi connectivity index (χ3n) is 4.92. The molecule has 0 aromatic heterocycles. The lowest BCUT2D eigenvalue weighted by atomic mass is 9.98. The molecule has 2 fully saturated rings. The maximum absolute atomic E-state index is 12.6. The molecule has 1 saturated carbocycles. The quantitative estimate of drug-likeness (QED) is 0.270. The van der Waals surface area contributed by atoms with Crippen molar-refractivity contribution < 1.29 is 10.0 Å². The minimum atomic E-state index is -0.0786. The molecule has 1 heterocycles. The van der Waals surface area contributed by atoms with Gasteiger partial charge in [-0.2, -0.15) is 0 Å². The fourth-order valence-corrected chi connectivity index (χ4v) is 3.38. The van der Waals surface area contributed by atoms with E-state index in [2.05, 4.69) is 10.1 Å². The molecule has 2 rings (SSSR count). The summed E-state index contributed by atoms with van der Waals surface area (Å²) < 4.78 is 0. The molecule has 0 radical (unpaired) electrons. The number of carbonyl (C=O) groups is 1. The topological polar surface area (TPSA) is 82.2 Å². The summed E-state index contributed by atoms with van der Waals surface area (Å²) in [7, 11) is 0. The zero-order valence-electron chi connectivity index (χ0n) is 13.0. The largest absolute Gasteiger partial charge is 0.409 e. The molecule has 1 unspecified atom stereocenters. The summed E-state index contributed by atoms with van der Waals surface area (Å²) >= 11 is 0. The van der Waals surface area contributed by atoms with E-state index in [1.807, 2.05) is 11.8 Å². The highest BCUT2D eigenvalue weighted by atomic mass is 16.4. The fraction of sp³-hybridized carbons (Fsp3) is 0.867. The van der Waals surface area contributed by atoms with Crippen LogP contribution in [0.2, 0.25) is 0 Å². The van der Waals surface area contributed by atoms with Crippen LogP contribution in [0.4, 0.5) is 0 Å². The van der Waals surface area contributed by atoms with Gasteiger partial charge in [-0.3, -0.25) is 9.69 Å². The van der Waals surface area contributed by atoms with Crippen LogP contribution in [-0.2, 0) is 4.79 Å². The first kappa shape index (κ1) is 16.1. The van der Waals surface area contributed by atoms with Gasteiger partial charge in [0.25, 0.3) is 0 Å². The highest BCUT2D eigenvalue weighted by Gasteiger charge is 2.29. The van der Waals surface area contributed by atoms with Crippen LogP contribution in [0.25, 0.3) is 0 Å². The molecular weight excluding hydrogens is 268 g/mol. The third-order valence-corrected chi connectivity index (χ3v) is 4.92. The molecule has 0 bridgehead atoms. The van der Waals surface area contributed by atoms with Gasteiger partial charge in [0.15, 0.2) is 5.84 Å². The summed E-state index contributed by atoms with van der Waals surface area (Å²) in [5.74, 6) is 0.812. The summed E-state index contributed by atoms with van der Waals surface area (Å²) in [6, 6.07) is -0.0786. The van der Waals surface area contributed by atoms with E-state index in [1.165, 1.54) is 25.7 Å². The highest BCUT2D eigenvalue weighted by molar-refractivity contribution is 5.84. The molecule has 1 aliphatic heterocycles. The second-order valence-electron chi connectivity index (χ2n) is 6.25. The summed E-state index contributed by atoms with van der Waals surface area (Å²) in [5, 5.41) is 11.8. The Bertz CT molecular complexity index is 370. The summed E-state index contributed by atoms with van der Waals surface area (Å²) in [6.45, 7) is 5.00. The monoisotopic (exact) mass is 296 g/mol. The van der Waals surface area contributed by atoms with Crippen molar-refractivity contribution in [2.75, 3.05) is 26.2 Å². The minimum Gasteiger partial charge on any atom is -0.409 e. The zero-order chi connectivity index (χ0) is 15.2. The van der Waals surface area contributed by atoms with E-state index in [-0.39, 0.29) is 17.8 Å². The Labute approximate surface area is 127 Å². The molecule has 0 aromatic rings. The van der Waals surface area contributed by atoms with E-state index in [1.54, 1.807) is 0 Å². The molecule has 1 aliphatic carbocycles. The lowest BCUT2D eigenvalue weighted by Gasteiger charge is -2.38. The normalized spacial score (nSPS) is 24.6. The van der Waals surface area contributed by atoms with Crippen molar-refractivity contribution in [3.05, 3.63) is 0 Å². The van der Waals surface area contributed by atoms with Crippen LogP contribution in [0.1, 0.15) is 45.4 Å². The molecular formula is C15H28N4O2. The first-order chi connectivity index (χ1) is 10.1. The SMILES string of the molecule is CC(C(N)=NO)N1CCN(C(=O)C2CCCCCC2)CC1. The number of nitrogens with zero attached hydrogens (tertiary/aromatic N) is 3. The van der Waals surface area contributed by atoms with Crippen LogP contribution < -0.4 is 5.73 Å². The lowest BCUT2D eigenvalue weighted by molar-refractivity contribution is -0.137. The number of rotatable bonds is 3. The van der Waals surface area contributed by atoms with Crippen molar-refractivity contribution in [2.24, 2.45) is 16.8 Å². The molecule has 21 heavy (non-hydrogen) atoms. The van der Waals surface area contributed by atoms with E-state index in [4.69, 9.17) is 10.9 Å². The van der Waals surface area contributed by atoms with Gasteiger partial charge in [0.1, 0.15) is 0 Å². The van der Waals surface area contributed by atoms with Crippen molar-refractivity contribution in [3.8, 4) is 0 Å². The van der Waals surface area contributed by atoms with Crippen LogP contribution in [0, 0.1) is 5.92 Å². The number of carbonyl (C=O) groups excluding carboxylic acids is 1. The lowest BCUT2D eigenvalue weighted by Crippen LogP contribution is -2.55. The van der Waals surface area contributed by atoms with Gasteiger partial charge >= 0.3 is 0 Å². The maximum Gasteiger partial charge on any atom is 0.225 e. The highest BCUT2D eigenvalue weighted by Crippen LogP contribution is 2.25. The van der Waals surface area contributed by atoms with Crippen LogP contribution in [-0.4, -0.2) is 59.0 Å². The molecule has 6 nitrogen and oxygen atoms in total. The molecule has 1 atom stereocenters. The average molecular weight is 296 g/mol. The van der Waals surface area contributed by atoms with Gasteiger partial charge in [0.05, 0.1) is 6.04 Å². The number of amidine groups is 1. The smallest absolute Gasteiger partial charge is 0.225 e. The molecule has 6 heteroatoms. The average Bonchev–Trinajstić information content (AvgIpc) is 2.82. The Morgan fingerprint density at radius 1 is 1.14 bits per heavy atom. The van der Waals surface area contributed by atoms with Gasteiger partial charge in [0.2, 0.25) is 5.91 Å². The van der Waals surface area contributed by atoms with E-state index < -0.39 is 0 Å². The number of oxime groups is 1. The number of piperazine rings is 1. The van der Waals surface area contributed by atoms with E-state index in [0.717, 1.165) is 39.0 Å². The van der Waals surface area contributed by atoms with E-state index in [0.29, 0.717) is 5.91 Å². The molecule has 2 aliphatic rings. The van der Waals surface area contributed by atoms with E-state index >= 15 is 0 Å². The van der Waals surface area contributed by atoms with Crippen molar-refractivity contribution in [1.82, 2.24) is 9.80 Å². The van der Waals surface area contributed by atoms with Crippen molar-refractivity contribution >= 4 is 11.7 Å². The molecule has 0 spiro atoms. The van der Waals surface area contributed by atoms with Crippen LogP contribution in [0.3, 0.4) is 0 Å². The summed E-state index contributed by atoms with van der Waals surface area (Å²) in [6.07, 6.45) is 7.04. The zero-order valence-corrected chi connectivity index (χ0v) is 13.0. The molecule has 1 saturated heterocycles. The maximum atomic E-state index is 12.6. The third kappa shape index (κ3) is 4.09. The van der Waals surface area contributed by atoms with Gasteiger partial charge in [-0.05, 0) is 19.8 Å². The number of hydrogen-bond donors (Lipinski definition) is 2. The molecule has 1 amide bonds. The predicted molar refractivity (Wildman–Crippen MR) is 82.2 cm³/mol. The van der Waals surface area contributed by atoms with Crippen molar-refractivity contribution in [2.45, 2.75) is 51.5 Å². The van der Waals surface area contributed by atoms with Crippen molar-refractivity contribution in [3.63, 3.8) is 0 Å². The Balaban J connectivity index is 1.84. The van der Waals surface area contributed by atoms with Crippen LogP contribution in [0.15, 0.2) is 5.16 Å². The summed E-state index contributed by atoms with van der Waals surface area (Å²) in [5.41, 5.74) is 5.65. The Morgan fingerprint density at radius 2 is 1.71 bits per heavy atom. The van der Waals surface area contributed by atoms with Crippen molar-refractivity contribution in [1.29, 1.82) is 0 Å². The minimum absolute atomic E-state index is 0.0786. The summed E-state index contributed by atoms with van der Waals surface area (Å²) in [4.78, 5) is 16.8. The van der Waals surface area contributed by atoms with Crippen LogP contribution >= 0.6 is 0 Å². The van der Waals surface area contributed by atoms with Gasteiger partial charge in [-0.15, -0.1) is 0 Å². The Hall–Kier alpha value is -1.30. The number of hydrogen-bond acceptors (Lipinski definition) is 4. The Kier molecular flexibility index (Phi) is 5.85. The number of nitrogens with two attached hydrogens (primary N) is 1. The Morgan fingerprint density at radius 3 is 2.24 bits per heavy atom. The first-order valence-electron chi connectivity index (χ1n) is 8.13. The van der Waals surface area contributed by atoms with E-state index in [9.17, 15) is 4.79 Å². The molecule has 120 valence electrons.